The number of aromatic nitrogens is 1. The Morgan fingerprint density at radius 3 is 2.40 bits per heavy atom. The fourth-order valence-electron chi connectivity index (χ4n) is 3.52. The zero-order chi connectivity index (χ0) is 26.1. The minimum absolute atomic E-state index is 0.0666. The van der Waals surface area contributed by atoms with Crippen molar-refractivity contribution in [2.45, 2.75) is 51.2 Å². The average Bonchev–Trinajstić information content (AvgIpc) is 3.22. The summed E-state index contributed by atoms with van der Waals surface area (Å²) in [5.74, 6) is -4.37. The highest BCUT2D eigenvalue weighted by atomic mass is 16.4. The molecule has 12 nitrogen and oxygen atoms in total. The molecule has 1 heterocycles. The number of carboxylic acids is 1. The summed E-state index contributed by atoms with van der Waals surface area (Å²) in [6, 6.07) is 3.91. The number of hydrogen-bond donors (Lipinski definition) is 7. The number of nitrogens with one attached hydrogen (secondary N) is 4. The van der Waals surface area contributed by atoms with E-state index < -0.39 is 60.7 Å². The lowest BCUT2D eigenvalue weighted by Gasteiger charge is -2.22. The van der Waals surface area contributed by atoms with E-state index in [1.165, 1.54) is 0 Å². The van der Waals surface area contributed by atoms with Crippen LogP contribution < -0.4 is 27.4 Å². The number of H-pyrrole nitrogens is 1. The molecule has 0 bridgehead atoms. The monoisotopic (exact) mass is 488 g/mol. The van der Waals surface area contributed by atoms with E-state index in [2.05, 4.69) is 20.9 Å². The number of nitrogens with two attached hydrogens (primary N) is 2. The number of rotatable bonds is 13. The van der Waals surface area contributed by atoms with Gasteiger partial charge in [-0.1, -0.05) is 38.5 Å². The van der Waals surface area contributed by atoms with Gasteiger partial charge in [0.15, 0.2) is 0 Å². The lowest BCUT2D eigenvalue weighted by molar-refractivity contribution is -0.143. The van der Waals surface area contributed by atoms with Crippen molar-refractivity contribution in [3.63, 3.8) is 0 Å². The van der Waals surface area contributed by atoms with Crippen molar-refractivity contribution in [2.24, 2.45) is 17.4 Å². The van der Waals surface area contributed by atoms with Crippen molar-refractivity contribution in [1.82, 2.24) is 20.9 Å². The standard InChI is InChI=1S/C23H32N6O6/c1-3-12(2)20(23(34)35)29-19(31)11-27-22(33)17(28-21(32)15(24)9-18(25)30)8-13-10-26-16-7-5-4-6-14(13)16/h4-7,10,12,15,17,20,26H,3,8-9,11,24H2,1-2H3,(H2,25,30)(H,27,33)(H,28,32)(H,29,31)(H,34,35). The molecule has 2 rings (SSSR count). The van der Waals surface area contributed by atoms with E-state index in [0.717, 1.165) is 16.5 Å². The number of carboxylic acid groups (broad SMARTS) is 1. The maximum absolute atomic E-state index is 12.9. The summed E-state index contributed by atoms with van der Waals surface area (Å²) in [6.45, 7) is 3.00. The topological polar surface area (TPSA) is 210 Å². The van der Waals surface area contributed by atoms with E-state index in [1.54, 1.807) is 20.0 Å². The SMILES string of the molecule is CCC(C)C(NC(=O)CNC(=O)C(Cc1c[nH]c2ccccc12)NC(=O)C(N)CC(N)=O)C(=O)O. The normalized spacial score (nSPS) is 14.4. The molecule has 0 radical (unpaired) electrons. The molecule has 0 aliphatic heterocycles. The zero-order valence-corrected chi connectivity index (χ0v) is 19.7. The highest BCUT2D eigenvalue weighted by Gasteiger charge is 2.28. The second kappa shape index (κ2) is 12.5. The summed E-state index contributed by atoms with van der Waals surface area (Å²) in [5, 5.41) is 17.5. The number of carbonyl (C=O) groups excluding carboxylic acids is 4. The van der Waals surface area contributed by atoms with E-state index in [-0.39, 0.29) is 12.3 Å². The van der Waals surface area contributed by atoms with Crippen LogP contribution in [0.2, 0.25) is 0 Å². The fourth-order valence-corrected chi connectivity index (χ4v) is 3.52. The number of aliphatic carboxylic acids is 1. The minimum atomic E-state index is -1.25. The first-order chi connectivity index (χ1) is 16.5. The third-order valence-electron chi connectivity index (χ3n) is 5.71. The first kappa shape index (κ1) is 27.3. The molecule has 0 fully saturated rings. The molecule has 0 saturated carbocycles. The van der Waals surface area contributed by atoms with Crippen LogP contribution in [0.15, 0.2) is 30.5 Å². The summed E-state index contributed by atoms with van der Waals surface area (Å²) < 4.78 is 0. The van der Waals surface area contributed by atoms with Crippen molar-refractivity contribution in [2.75, 3.05) is 6.54 Å². The third kappa shape index (κ3) is 7.81. The van der Waals surface area contributed by atoms with Gasteiger partial charge in [0.1, 0.15) is 12.1 Å². The number of carbonyl (C=O) groups is 5. The van der Waals surface area contributed by atoms with Gasteiger partial charge in [0.2, 0.25) is 23.6 Å². The summed E-state index contributed by atoms with van der Waals surface area (Å²) in [6.07, 6.45) is 1.91. The molecule has 0 aliphatic carbocycles. The van der Waals surface area contributed by atoms with Crippen LogP contribution in [0.4, 0.5) is 0 Å². The van der Waals surface area contributed by atoms with Gasteiger partial charge in [-0.25, -0.2) is 4.79 Å². The Bertz CT molecular complexity index is 1080. The van der Waals surface area contributed by atoms with Crippen LogP contribution in [0.1, 0.15) is 32.3 Å². The molecule has 0 spiro atoms. The first-order valence-corrected chi connectivity index (χ1v) is 11.2. The molecule has 2 aromatic rings. The van der Waals surface area contributed by atoms with Gasteiger partial charge in [-0.15, -0.1) is 0 Å². The third-order valence-corrected chi connectivity index (χ3v) is 5.71. The molecule has 9 N–H and O–H groups in total. The van der Waals surface area contributed by atoms with Crippen LogP contribution in [-0.2, 0) is 30.4 Å². The predicted molar refractivity (Wildman–Crippen MR) is 128 cm³/mol. The largest absolute Gasteiger partial charge is 0.480 e. The average molecular weight is 489 g/mol. The van der Waals surface area contributed by atoms with Crippen molar-refractivity contribution in [1.29, 1.82) is 0 Å². The van der Waals surface area contributed by atoms with Crippen LogP contribution in [0.3, 0.4) is 0 Å². The molecule has 12 heteroatoms. The summed E-state index contributed by atoms with van der Waals surface area (Å²) in [5.41, 5.74) is 12.4. The molecule has 4 unspecified atom stereocenters. The van der Waals surface area contributed by atoms with Gasteiger partial charge in [-0.2, -0.15) is 0 Å². The summed E-state index contributed by atoms with van der Waals surface area (Å²) in [4.78, 5) is 63.3. The maximum Gasteiger partial charge on any atom is 0.326 e. The Hall–Kier alpha value is -3.93. The summed E-state index contributed by atoms with van der Waals surface area (Å²) >= 11 is 0. The Morgan fingerprint density at radius 2 is 1.77 bits per heavy atom. The lowest BCUT2D eigenvalue weighted by Crippen LogP contribution is -2.55. The first-order valence-electron chi connectivity index (χ1n) is 11.2. The van der Waals surface area contributed by atoms with Crippen LogP contribution in [0, 0.1) is 5.92 Å². The van der Waals surface area contributed by atoms with E-state index in [4.69, 9.17) is 11.5 Å². The van der Waals surface area contributed by atoms with Gasteiger partial charge in [-0.05, 0) is 17.5 Å². The predicted octanol–water partition coefficient (Wildman–Crippen LogP) is -0.870. The second-order valence-corrected chi connectivity index (χ2v) is 8.39. The zero-order valence-electron chi connectivity index (χ0n) is 19.7. The quantitative estimate of drug-likeness (QED) is 0.189. The summed E-state index contributed by atoms with van der Waals surface area (Å²) in [7, 11) is 0. The van der Waals surface area contributed by atoms with Crippen molar-refractivity contribution < 1.29 is 29.1 Å². The van der Waals surface area contributed by atoms with Crippen molar-refractivity contribution >= 4 is 40.5 Å². The van der Waals surface area contributed by atoms with Gasteiger partial charge in [0, 0.05) is 23.5 Å². The minimum Gasteiger partial charge on any atom is -0.480 e. The van der Waals surface area contributed by atoms with Crippen molar-refractivity contribution in [3.05, 3.63) is 36.0 Å². The fraction of sp³-hybridized carbons (Fsp3) is 0.435. The molecule has 1 aromatic carbocycles. The number of amides is 4. The highest BCUT2D eigenvalue weighted by molar-refractivity contribution is 5.94. The molecule has 4 amide bonds. The highest BCUT2D eigenvalue weighted by Crippen LogP contribution is 2.19. The molecule has 35 heavy (non-hydrogen) atoms. The Labute approximate surface area is 202 Å². The van der Waals surface area contributed by atoms with Gasteiger partial charge in [0.05, 0.1) is 19.0 Å². The number of hydrogen-bond acceptors (Lipinski definition) is 6. The molecule has 1 aromatic heterocycles. The number of primary amides is 1. The smallest absolute Gasteiger partial charge is 0.326 e. The molecular formula is C23H32N6O6. The Kier molecular flexibility index (Phi) is 9.76. The number of aromatic amines is 1. The van der Waals surface area contributed by atoms with Gasteiger partial charge in [-0.3, -0.25) is 19.2 Å². The van der Waals surface area contributed by atoms with Crippen molar-refractivity contribution in [3.8, 4) is 0 Å². The van der Waals surface area contributed by atoms with E-state index in [9.17, 15) is 29.1 Å². The Balaban J connectivity index is 2.13. The molecular weight excluding hydrogens is 456 g/mol. The number of fused-ring (bicyclic) bond motifs is 1. The van der Waals surface area contributed by atoms with E-state index in [0.29, 0.717) is 6.42 Å². The number of para-hydroxylation sites is 1. The lowest BCUT2D eigenvalue weighted by atomic mass is 9.99. The van der Waals surface area contributed by atoms with E-state index in [1.807, 2.05) is 24.3 Å². The van der Waals surface area contributed by atoms with Crippen LogP contribution in [0.5, 0.6) is 0 Å². The van der Waals surface area contributed by atoms with Gasteiger partial charge < -0.3 is 37.5 Å². The van der Waals surface area contributed by atoms with Gasteiger partial charge in [0.25, 0.3) is 0 Å². The van der Waals surface area contributed by atoms with Crippen LogP contribution in [0.25, 0.3) is 10.9 Å². The Morgan fingerprint density at radius 1 is 1.09 bits per heavy atom. The number of benzene rings is 1. The molecule has 4 atom stereocenters. The molecule has 0 aliphatic rings. The molecule has 190 valence electrons. The van der Waals surface area contributed by atoms with Crippen LogP contribution >= 0.6 is 0 Å². The van der Waals surface area contributed by atoms with Gasteiger partial charge >= 0.3 is 5.97 Å². The van der Waals surface area contributed by atoms with Crippen LogP contribution in [-0.4, -0.2) is 64.4 Å². The molecule has 0 saturated heterocycles. The van der Waals surface area contributed by atoms with E-state index >= 15 is 0 Å². The maximum atomic E-state index is 12.9. The second-order valence-electron chi connectivity index (χ2n) is 8.39.